The predicted octanol–water partition coefficient (Wildman–Crippen LogP) is 4.10. The highest BCUT2D eigenvalue weighted by Gasteiger charge is 2.16. The molecule has 0 aliphatic rings. The van der Waals surface area contributed by atoms with Gasteiger partial charge in [-0.15, -0.1) is 0 Å². The molecule has 0 radical (unpaired) electrons. The molecule has 0 aliphatic heterocycles. The zero-order valence-corrected chi connectivity index (χ0v) is 16.6. The second kappa shape index (κ2) is 8.51. The largest absolute Gasteiger partial charge is 0.350 e. The smallest absolute Gasteiger partial charge is 0.253 e. The first-order valence-corrected chi connectivity index (χ1v) is 9.37. The lowest BCUT2D eigenvalue weighted by Crippen LogP contribution is -2.41. The van der Waals surface area contributed by atoms with Crippen molar-refractivity contribution in [2.45, 2.75) is 19.4 Å². The Morgan fingerprint density at radius 3 is 2.59 bits per heavy atom. The summed E-state index contributed by atoms with van der Waals surface area (Å²) >= 11 is 6.07. The van der Waals surface area contributed by atoms with Crippen molar-refractivity contribution < 1.29 is 4.79 Å². The number of nitrogens with zero attached hydrogens (tertiary/aromatic N) is 2. The first-order chi connectivity index (χ1) is 12.9. The average molecular weight is 382 g/mol. The maximum absolute atomic E-state index is 12.8. The van der Waals surface area contributed by atoms with E-state index in [9.17, 15) is 4.79 Å². The van der Waals surface area contributed by atoms with Crippen molar-refractivity contribution in [3.05, 3.63) is 76.4 Å². The van der Waals surface area contributed by atoms with E-state index in [1.165, 1.54) is 5.56 Å². The number of nitrogens with one attached hydrogen (secondary N) is 1. The van der Waals surface area contributed by atoms with Crippen LogP contribution >= 0.6 is 11.6 Å². The number of carbonyl (C=O) groups excluding carboxylic acids is 1. The van der Waals surface area contributed by atoms with Gasteiger partial charge in [-0.2, -0.15) is 0 Å². The van der Waals surface area contributed by atoms with Gasteiger partial charge in [-0.05, 0) is 57.3 Å². The fraction of sp³-hybridized carbons (Fsp3) is 0.273. The van der Waals surface area contributed by atoms with E-state index in [0.717, 1.165) is 17.3 Å². The molecule has 0 saturated heterocycles. The van der Waals surface area contributed by atoms with E-state index in [1.807, 2.05) is 57.4 Å². The van der Waals surface area contributed by atoms with E-state index in [0.29, 0.717) is 22.8 Å². The molecule has 3 rings (SSSR count). The lowest BCUT2D eigenvalue weighted by molar-refractivity contribution is 0.0941. The third-order valence-corrected chi connectivity index (χ3v) is 4.99. The SMILES string of the molecule is Cc1nc2ccc(Cl)cc2cc1C(=O)NCC(Cc1ccccc1)N(C)C. The molecule has 3 aromatic rings. The topological polar surface area (TPSA) is 45.2 Å². The Morgan fingerprint density at radius 2 is 1.89 bits per heavy atom. The minimum absolute atomic E-state index is 0.109. The Morgan fingerprint density at radius 1 is 1.15 bits per heavy atom. The van der Waals surface area contributed by atoms with Crippen LogP contribution < -0.4 is 5.32 Å². The number of likely N-dealkylation sites (N-methyl/N-ethyl adjacent to an activating group) is 1. The standard InChI is InChI=1S/C22H24ClN3O/c1-15-20(13-17-12-18(23)9-10-21(17)25-15)22(27)24-14-19(26(2)3)11-16-7-5-4-6-8-16/h4-10,12-13,19H,11,14H2,1-3H3,(H,24,27). The zero-order valence-electron chi connectivity index (χ0n) is 15.9. The number of aryl methyl sites for hydroxylation is 1. The third kappa shape index (κ3) is 4.85. The molecule has 0 saturated carbocycles. The number of pyridine rings is 1. The van der Waals surface area contributed by atoms with E-state index in [2.05, 4.69) is 27.3 Å². The fourth-order valence-corrected chi connectivity index (χ4v) is 3.28. The van der Waals surface area contributed by atoms with E-state index in [1.54, 1.807) is 6.07 Å². The van der Waals surface area contributed by atoms with Crippen molar-refractivity contribution in [3.8, 4) is 0 Å². The van der Waals surface area contributed by atoms with Crippen LogP contribution in [0.1, 0.15) is 21.6 Å². The molecule has 1 heterocycles. The van der Waals surface area contributed by atoms with Crippen LogP contribution in [0.25, 0.3) is 10.9 Å². The first-order valence-electron chi connectivity index (χ1n) is 8.99. The molecule has 1 aromatic heterocycles. The van der Waals surface area contributed by atoms with Gasteiger partial charge in [0.25, 0.3) is 5.91 Å². The van der Waals surface area contributed by atoms with Crippen LogP contribution in [-0.4, -0.2) is 42.5 Å². The van der Waals surface area contributed by atoms with Crippen LogP contribution in [0.15, 0.2) is 54.6 Å². The highest BCUT2D eigenvalue weighted by Crippen LogP contribution is 2.20. The Kier molecular flexibility index (Phi) is 6.09. The number of benzene rings is 2. The molecular formula is C22H24ClN3O. The summed E-state index contributed by atoms with van der Waals surface area (Å²) in [7, 11) is 4.06. The van der Waals surface area contributed by atoms with E-state index >= 15 is 0 Å². The van der Waals surface area contributed by atoms with Crippen LogP contribution in [0.4, 0.5) is 0 Å². The minimum Gasteiger partial charge on any atom is -0.350 e. The summed E-state index contributed by atoms with van der Waals surface area (Å²) in [5.41, 5.74) is 3.39. The third-order valence-electron chi connectivity index (χ3n) is 4.75. The van der Waals surface area contributed by atoms with Crippen molar-refractivity contribution in [1.29, 1.82) is 0 Å². The average Bonchev–Trinajstić information content (AvgIpc) is 2.65. The van der Waals surface area contributed by atoms with Crippen molar-refractivity contribution in [2.75, 3.05) is 20.6 Å². The lowest BCUT2D eigenvalue weighted by Gasteiger charge is -2.25. The number of hydrogen-bond donors (Lipinski definition) is 1. The van der Waals surface area contributed by atoms with E-state index in [-0.39, 0.29) is 11.9 Å². The maximum atomic E-state index is 12.8. The fourth-order valence-electron chi connectivity index (χ4n) is 3.10. The van der Waals surface area contributed by atoms with Gasteiger partial charge < -0.3 is 10.2 Å². The van der Waals surface area contributed by atoms with E-state index < -0.39 is 0 Å². The van der Waals surface area contributed by atoms with Gasteiger partial charge in [0.1, 0.15) is 0 Å². The molecule has 0 bridgehead atoms. The molecule has 0 spiro atoms. The van der Waals surface area contributed by atoms with Gasteiger partial charge in [0.2, 0.25) is 0 Å². The van der Waals surface area contributed by atoms with Crippen LogP contribution in [0, 0.1) is 6.92 Å². The summed E-state index contributed by atoms with van der Waals surface area (Å²) in [5, 5.41) is 4.57. The Labute approximate surface area is 165 Å². The van der Waals surface area contributed by atoms with Crippen molar-refractivity contribution >= 4 is 28.4 Å². The highest BCUT2D eigenvalue weighted by atomic mass is 35.5. The summed E-state index contributed by atoms with van der Waals surface area (Å²) in [4.78, 5) is 19.4. The second-order valence-electron chi connectivity index (χ2n) is 6.98. The molecule has 4 nitrogen and oxygen atoms in total. The Bertz CT molecular complexity index is 941. The summed E-state index contributed by atoms with van der Waals surface area (Å²) < 4.78 is 0. The Hall–Kier alpha value is -2.43. The van der Waals surface area contributed by atoms with Gasteiger partial charge in [0, 0.05) is 23.0 Å². The predicted molar refractivity (Wildman–Crippen MR) is 111 cm³/mol. The molecule has 27 heavy (non-hydrogen) atoms. The normalized spacial score (nSPS) is 12.3. The highest BCUT2D eigenvalue weighted by molar-refractivity contribution is 6.31. The number of halogens is 1. The summed E-state index contributed by atoms with van der Waals surface area (Å²) in [6.07, 6.45) is 0.874. The Balaban J connectivity index is 1.73. The number of amides is 1. The molecule has 1 unspecified atom stereocenters. The molecule has 1 atom stereocenters. The van der Waals surface area contributed by atoms with Crippen molar-refractivity contribution in [2.24, 2.45) is 0 Å². The molecule has 140 valence electrons. The molecule has 1 amide bonds. The number of carbonyl (C=O) groups is 1. The molecular weight excluding hydrogens is 358 g/mol. The van der Waals surface area contributed by atoms with Crippen LogP contribution in [0.2, 0.25) is 5.02 Å². The summed E-state index contributed by atoms with van der Waals surface area (Å²) in [5.74, 6) is -0.109. The van der Waals surface area contributed by atoms with E-state index in [4.69, 9.17) is 11.6 Å². The minimum atomic E-state index is -0.109. The molecule has 5 heteroatoms. The van der Waals surface area contributed by atoms with Gasteiger partial charge in [-0.25, -0.2) is 0 Å². The number of rotatable bonds is 6. The molecule has 2 aromatic carbocycles. The first kappa shape index (κ1) is 19.3. The van der Waals surface area contributed by atoms with Gasteiger partial charge in [0.15, 0.2) is 0 Å². The molecule has 0 aliphatic carbocycles. The number of aromatic nitrogens is 1. The zero-order chi connectivity index (χ0) is 19.4. The van der Waals surface area contributed by atoms with Crippen LogP contribution in [0.5, 0.6) is 0 Å². The van der Waals surface area contributed by atoms with Crippen molar-refractivity contribution in [1.82, 2.24) is 15.2 Å². The second-order valence-corrected chi connectivity index (χ2v) is 7.41. The van der Waals surface area contributed by atoms with Crippen molar-refractivity contribution in [3.63, 3.8) is 0 Å². The van der Waals surface area contributed by atoms with Gasteiger partial charge >= 0.3 is 0 Å². The van der Waals surface area contributed by atoms with Crippen LogP contribution in [0.3, 0.4) is 0 Å². The summed E-state index contributed by atoms with van der Waals surface area (Å²) in [6, 6.07) is 17.9. The molecule has 1 N–H and O–H groups in total. The summed E-state index contributed by atoms with van der Waals surface area (Å²) in [6.45, 7) is 2.42. The van der Waals surface area contributed by atoms with Gasteiger partial charge in [-0.1, -0.05) is 41.9 Å². The van der Waals surface area contributed by atoms with Gasteiger partial charge in [0.05, 0.1) is 16.8 Å². The quantitative estimate of drug-likeness (QED) is 0.699. The lowest BCUT2D eigenvalue weighted by atomic mass is 10.0. The van der Waals surface area contributed by atoms with Gasteiger partial charge in [-0.3, -0.25) is 9.78 Å². The molecule has 0 fully saturated rings. The maximum Gasteiger partial charge on any atom is 0.253 e. The monoisotopic (exact) mass is 381 g/mol. The van der Waals surface area contributed by atoms with Crippen LogP contribution in [-0.2, 0) is 6.42 Å². The number of hydrogen-bond acceptors (Lipinski definition) is 3. The number of fused-ring (bicyclic) bond motifs is 1.